The molecule has 0 saturated heterocycles. The van der Waals surface area contributed by atoms with Gasteiger partial charge in [-0.1, -0.05) is 17.7 Å². The van der Waals surface area contributed by atoms with Crippen molar-refractivity contribution in [2.45, 2.75) is 25.9 Å². The first kappa shape index (κ1) is 12.0. The number of benzene rings is 1. The molecular weight excluding hydrogens is 242 g/mol. The number of hydrogen-bond donors (Lipinski definition) is 0. The van der Waals surface area contributed by atoms with Crippen molar-refractivity contribution in [3.63, 3.8) is 0 Å². The Morgan fingerprint density at radius 3 is 2.84 bits per heavy atom. The molecule has 1 aromatic rings. The molecule has 0 fully saturated rings. The molecule has 1 spiro atoms. The number of carbonyl (C=O) groups is 2. The average molecular weight is 257 g/mol. The van der Waals surface area contributed by atoms with E-state index >= 15 is 0 Å². The molecule has 2 heterocycles. The Morgan fingerprint density at radius 2 is 2.16 bits per heavy atom. The number of aryl methyl sites for hydroxylation is 1. The van der Waals surface area contributed by atoms with Gasteiger partial charge in [0.05, 0.1) is 5.69 Å². The van der Waals surface area contributed by atoms with Crippen LogP contribution in [0.4, 0.5) is 5.69 Å². The van der Waals surface area contributed by atoms with E-state index in [0.717, 1.165) is 16.8 Å². The molecule has 0 aliphatic carbocycles. The van der Waals surface area contributed by atoms with Gasteiger partial charge in [-0.25, -0.2) is 4.79 Å². The van der Waals surface area contributed by atoms with Crippen LogP contribution in [0.25, 0.3) is 0 Å². The average Bonchev–Trinajstić information content (AvgIpc) is 2.60. The molecule has 3 rings (SSSR count). The highest BCUT2D eigenvalue weighted by atomic mass is 16.6. The minimum Gasteiger partial charge on any atom is -0.440 e. The van der Waals surface area contributed by atoms with Crippen LogP contribution in [0.3, 0.4) is 0 Å². The summed E-state index contributed by atoms with van der Waals surface area (Å²) in [5.74, 6) is -0.599. The van der Waals surface area contributed by atoms with E-state index in [4.69, 9.17) is 4.74 Å². The number of likely N-dealkylation sites (N-methyl/N-ethyl adjacent to an activating group) is 1. The van der Waals surface area contributed by atoms with Gasteiger partial charge in [0.1, 0.15) is 0 Å². The van der Waals surface area contributed by atoms with Gasteiger partial charge in [-0.2, -0.15) is 0 Å². The Bertz CT molecular complexity index is 605. The van der Waals surface area contributed by atoms with Gasteiger partial charge < -0.3 is 9.64 Å². The molecule has 0 bridgehead atoms. The van der Waals surface area contributed by atoms with Crippen LogP contribution in [-0.2, 0) is 19.9 Å². The summed E-state index contributed by atoms with van der Waals surface area (Å²) in [6.07, 6.45) is 3.50. The number of nitrogens with zero attached hydrogens (tertiary/aromatic N) is 1. The van der Waals surface area contributed by atoms with Crippen LogP contribution in [0.1, 0.15) is 24.5 Å². The Kier molecular flexibility index (Phi) is 2.49. The maximum atomic E-state index is 12.6. The Labute approximate surface area is 111 Å². The summed E-state index contributed by atoms with van der Waals surface area (Å²) in [6, 6.07) is 5.83. The van der Waals surface area contributed by atoms with Crippen molar-refractivity contribution in [2.75, 3.05) is 11.4 Å². The second-order valence-electron chi connectivity index (χ2n) is 4.92. The molecule has 4 heteroatoms. The van der Waals surface area contributed by atoms with Crippen LogP contribution in [0.15, 0.2) is 30.4 Å². The van der Waals surface area contributed by atoms with E-state index in [-0.39, 0.29) is 5.91 Å². The minimum absolute atomic E-state index is 0.145. The zero-order valence-electron chi connectivity index (χ0n) is 11.0. The maximum absolute atomic E-state index is 12.6. The summed E-state index contributed by atoms with van der Waals surface area (Å²) >= 11 is 0. The van der Waals surface area contributed by atoms with Gasteiger partial charge in [-0.05, 0) is 26.0 Å². The van der Waals surface area contributed by atoms with Crippen molar-refractivity contribution in [1.82, 2.24) is 0 Å². The summed E-state index contributed by atoms with van der Waals surface area (Å²) in [6.45, 7) is 4.45. The van der Waals surface area contributed by atoms with Crippen molar-refractivity contribution < 1.29 is 14.3 Å². The van der Waals surface area contributed by atoms with Gasteiger partial charge >= 0.3 is 5.97 Å². The predicted octanol–water partition coefficient (Wildman–Crippen LogP) is 2.06. The van der Waals surface area contributed by atoms with E-state index in [2.05, 4.69) is 0 Å². The monoisotopic (exact) mass is 257 g/mol. The standard InChI is InChI=1S/C15H15NO3/c1-3-16-12-7-6-10(2)9-11(12)15(14(16)18)8-4-5-13(17)19-15/h4-7,9H,3,8H2,1-2H3/t15-/m1/s1. The zero-order valence-corrected chi connectivity index (χ0v) is 11.0. The predicted molar refractivity (Wildman–Crippen MR) is 70.7 cm³/mol. The second kappa shape index (κ2) is 3.95. The number of ether oxygens (including phenoxy) is 1. The first-order valence-corrected chi connectivity index (χ1v) is 6.41. The topological polar surface area (TPSA) is 46.6 Å². The number of anilines is 1. The maximum Gasteiger partial charge on any atom is 0.331 e. The molecule has 1 aromatic carbocycles. The molecule has 19 heavy (non-hydrogen) atoms. The van der Waals surface area contributed by atoms with Gasteiger partial charge in [0, 0.05) is 24.6 Å². The lowest BCUT2D eigenvalue weighted by Crippen LogP contribution is -2.44. The van der Waals surface area contributed by atoms with Crippen molar-refractivity contribution in [2.24, 2.45) is 0 Å². The fourth-order valence-corrected chi connectivity index (χ4v) is 2.83. The zero-order chi connectivity index (χ0) is 13.6. The van der Waals surface area contributed by atoms with Crippen molar-refractivity contribution in [3.8, 4) is 0 Å². The fraction of sp³-hybridized carbons (Fsp3) is 0.333. The van der Waals surface area contributed by atoms with Crippen molar-refractivity contribution in [1.29, 1.82) is 0 Å². The largest absolute Gasteiger partial charge is 0.440 e. The normalized spacial score (nSPS) is 24.8. The van der Waals surface area contributed by atoms with E-state index in [1.165, 1.54) is 6.08 Å². The van der Waals surface area contributed by atoms with E-state index in [1.54, 1.807) is 11.0 Å². The molecule has 1 amide bonds. The van der Waals surface area contributed by atoms with Crippen LogP contribution >= 0.6 is 0 Å². The molecule has 0 aromatic heterocycles. The van der Waals surface area contributed by atoms with Crippen LogP contribution < -0.4 is 4.90 Å². The van der Waals surface area contributed by atoms with Gasteiger partial charge in [-0.3, -0.25) is 4.79 Å². The summed E-state index contributed by atoms with van der Waals surface area (Å²) in [7, 11) is 0. The van der Waals surface area contributed by atoms with Crippen molar-refractivity contribution in [3.05, 3.63) is 41.5 Å². The fourth-order valence-electron chi connectivity index (χ4n) is 2.83. The van der Waals surface area contributed by atoms with E-state index in [1.807, 2.05) is 32.0 Å². The second-order valence-corrected chi connectivity index (χ2v) is 4.92. The molecular formula is C15H15NO3. The van der Waals surface area contributed by atoms with E-state index < -0.39 is 11.6 Å². The molecule has 0 radical (unpaired) electrons. The van der Waals surface area contributed by atoms with Gasteiger partial charge in [-0.15, -0.1) is 0 Å². The summed E-state index contributed by atoms with van der Waals surface area (Å²) in [5.41, 5.74) is 1.55. The molecule has 0 N–H and O–H groups in total. The molecule has 1 atom stereocenters. The van der Waals surface area contributed by atoms with Crippen LogP contribution in [0, 0.1) is 6.92 Å². The first-order chi connectivity index (χ1) is 9.08. The number of esters is 1. The lowest BCUT2D eigenvalue weighted by Gasteiger charge is -2.29. The van der Waals surface area contributed by atoms with Crippen LogP contribution in [-0.4, -0.2) is 18.4 Å². The molecule has 98 valence electrons. The smallest absolute Gasteiger partial charge is 0.331 e. The van der Waals surface area contributed by atoms with Gasteiger partial charge in [0.2, 0.25) is 5.60 Å². The number of rotatable bonds is 1. The minimum atomic E-state index is -1.15. The van der Waals surface area contributed by atoms with Crippen LogP contribution in [0.2, 0.25) is 0 Å². The molecule has 2 aliphatic heterocycles. The Hall–Kier alpha value is -2.10. The van der Waals surface area contributed by atoms with Crippen LogP contribution in [0.5, 0.6) is 0 Å². The third-order valence-corrected chi connectivity index (χ3v) is 3.72. The first-order valence-electron chi connectivity index (χ1n) is 6.41. The lowest BCUT2D eigenvalue weighted by molar-refractivity contribution is -0.164. The summed E-state index contributed by atoms with van der Waals surface area (Å²) in [4.78, 5) is 25.9. The Balaban J connectivity index is 2.22. The number of carbonyl (C=O) groups excluding carboxylic acids is 2. The number of hydrogen-bond acceptors (Lipinski definition) is 3. The lowest BCUT2D eigenvalue weighted by atomic mass is 9.89. The van der Waals surface area contributed by atoms with Crippen molar-refractivity contribution >= 4 is 17.6 Å². The van der Waals surface area contributed by atoms with Gasteiger partial charge in [0.15, 0.2) is 0 Å². The molecule has 0 unspecified atom stereocenters. The SMILES string of the molecule is CCN1C(=O)[C@@]2(CC=CC(=O)O2)c2cc(C)ccc21. The molecule has 2 aliphatic rings. The van der Waals surface area contributed by atoms with Gasteiger partial charge in [0.25, 0.3) is 5.91 Å². The highest BCUT2D eigenvalue weighted by Gasteiger charge is 2.53. The molecule has 0 saturated carbocycles. The third kappa shape index (κ3) is 1.52. The van der Waals surface area contributed by atoms with E-state index in [9.17, 15) is 9.59 Å². The summed E-state index contributed by atoms with van der Waals surface area (Å²) < 4.78 is 5.44. The molecule has 4 nitrogen and oxygen atoms in total. The number of fused-ring (bicyclic) bond motifs is 2. The van der Waals surface area contributed by atoms with E-state index in [0.29, 0.717) is 13.0 Å². The highest BCUT2D eigenvalue weighted by molar-refractivity contribution is 6.09. The Morgan fingerprint density at radius 1 is 1.37 bits per heavy atom. The quantitative estimate of drug-likeness (QED) is 0.723. The summed E-state index contributed by atoms with van der Waals surface area (Å²) in [5, 5.41) is 0. The number of amides is 1. The highest BCUT2D eigenvalue weighted by Crippen LogP contribution is 2.46. The third-order valence-electron chi connectivity index (χ3n) is 3.72.